The van der Waals surface area contributed by atoms with Gasteiger partial charge in [0.05, 0.1) is 12.1 Å². The highest BCUT2D eigenvalue weighted by molar-refractivity contribution is 7.89. The van der Waals surface area contributed by atoms with Crippen LogP contribution in [0.3, 0.4) is 0 Å². The van der Waals surface area contributed by atoms with Gasteiger partial charge in [-0.1, -0.05) is 19.9 Å². The number of rotatable bonds is 13. The van der Waals surface area contributed by atoms with Gasteiger partial charge in [0.25, 0.3) is 21.8 Å². The van der Waals surface area contributed by atoms with E-state index in [-0.39, 0.29) is 48.1 Å². The SMILES string of the molecule is CCCN(CCC)C(=O)c1cc(C)cc(C(=O)N[C@@H](Cc2cc(F)cc(F)c2)[C@H](O)[C@H]2CN(S(=O)(=O)c3ccccn3)CCN2)c1. The molecule has 2 aromatic carbocycles. The number of aliphatic hydroxyl groups excluding tert-OH is 1. The van der Waals surface area contributed by atoms with Crippen molar-refractivity contribution in [2.24, 2.45) is 0 Å². The highest BCUT2D eigenvalue weighted by Crippen LogP contribution is 2.20. The molecule has 0 saturated carbocycles. The Morgan fingerprint density at radius 1 is 1.07 bits per heavy atom. The molecule has 0 spiro atoms. The number of carbonyl (C=O) groups is 2. The Labute approximate surface area is 268 Å². The number of piperazine rings is 1. The molecule has 248 valence electrons. The van der Waals surface area contributed by atoms with Gasteiger partial charge in [-0.3, -0.25) is 9.59 Å². The van der Waals surface area contributed by atoms with Crippen LogP contribution in [0.25, 0.3) is 0 Å². The molecule has 2 heterocycles. The van der Waals surface area contributed by atoms with Crippen LogP contribution >= 0.6 is 0 Å². The fraction of sp³-hybridized carbons (Fsp3) is 0.424. The number of aliphatic hydroxyl groups is 1. The lowest BCUT2D eigenvalue weighted by Crippen LogP contribution is -2.62. The van der Waals surface area contributed by atoms with Crippen molar-refractivity contribution < 1.29 is 31.9 Å². The molecule has 1 saturated heterocycles. The minimum Gasteiger partial charge on any atom is -0.389 e. The van der Waals surface area contributed by atoms with Crippen LogP contribution in [0.4, 0.5) is 8.78 Å². The van der Waals surface area contributed by atoms with Crippen molar-refractivity contribution in [3.63, 3.8) is 0 Å². The molecule has 1 fully saturated rings. The van der Waals surface area contributed by atoms with Crippen LogP contribution in [0, 0.1) is 18.6 Å². The predicted molar refractivity (Wildman–Crippen MR) is 170 cm³/mol. The van der Waals surface area contributed by atoms with Gasteiger partial charge in [-0.15, -0.1) is 0 Å². The Bertz CT molecular complexity index is 1600. The van der Waals surface area contributed by atoms with Gasteiger partial charge in [-0.25, -0.2) is 22.2 Å². The van der Waals surface area contributed by atoms with Gasteiger partial charge >= 0.3 is 0 Å². The average molecular weight is 658 g/mol. The second-order valence-electron chi connectivity index (χ2n) is 11.5. The van der Waals surface area contributed by atoms with E-state index in [1.165, 1.54) is 22.6 Å². The minimum atomic E-state index is -3.97. The molecule has 1 aromatic heterocycles. The van der Waals surface area contributed by atoms with E-state index in [2.05, 4.69) is 15.6 Å². The van der Waals surface area contributed by atoms with Crippen LogP contribution in [0.15, 0.2) is 65.8 Å². The van der Waals surface area contributed by atoms with Crippen LogP contribution in [0.1, 0.15) is 58.5 Å². The van der Waals surface area contributed by atoms with Crippen molar-refractivity contribution in [2.45, 2.75) is 63.2 Å². The number of halogens is 2. The molecule has 0 radical (unpaired) electrons. The summed E-state index contributed by atoms with van der Waals surface area (Å²) in [6.07, 6.45) is 1.39. The lowest BCUT2D eigenvalue weighted by molar-refractivity contribution is 0.0599. The predicted octanol–water partition coefficient (Wildman–Crippen LogP) is 3.30. The first-order valence-corrected chi connectivity index (χ1v) is 16.9. The maximum atomic E-state index is 14.1. The first-order valence-electron chi connectivity index (χ1n) is 15.4. The molecule has 3 N–H and O–H groups in total. The lowest BCUT2D eigenvalue weighted by Gasteiger charge is -2.38. The number of nitrogens with one attached hydrogen (secondary N) is 2. The number of aromatic nitrogens is 1. The summed E-state index contributed by atoms with van der Waals surface area (Å²) in [4.78, 5) is 32.7. The van der Waals surface area contributed by atoms with Gasteiger partial charge in [-0.2, -0.15) is 4.31 Å². The molecule has 2 amide bonds. The molecule has 3 aromatic rings. The van der Waals surface area contributed by atoms with Crippen molar-refractivity contribution in [3.05, 3.63) is 94.7 Å². The van der Waals surface area contributed by atoms with Crippen LogP contribution in [0.5, 0.6) is 0 Å². The Morgan fingerprint density at radius 2 is 1.74 bits per heavy atom. The third kappa shape index (κ3) is 8.72. The topological polar surface area (TPSA) is 132 Å². The Kier molecular flexibility index (Phi) is 12.0. The highest BCUT2D eigenvalue weighted by atomic mass is 32.2. The standard InChI is InChI=1S/C33H41F2N5O5S/c1-4-11-39(12-5-2)33(43)25-15-22(3)14-24(19-25)32(42)38-28(18-23-16-26(34)20-27(35)17-23)31(41)29-21-40(13-10-36-29)46(44,45)30-8-6-7-9-37-30/h6-9,14-17,19-20,28-29,31,36,41H,4-5,10-13,18,21H2,1-3H3,(H,38,42)/t28-,29+,31-/m0/s1. The first kappa shape index (κ1) is 35.1. The van der Waals surface area contributed by atoms with E-state index in [1.54, 1.807) is 36.1 Å². The Balaban J connectivity index is 1.61. The molecule has 0 unspecified atom stereocenters. The zero-order valence-corrected chi connectivity index (χ0v) is 27.1. The molecule has 10 nitrogen and oxygen atoms in total. The van der Waals surface area contributed by atoms with E-state index < -0.39 is 45.8 Å². The van der Waals surface area contributed by atoms with Crippen LogP contribution in [-0.4, -0.2) is 90.4 Å². The van der Waals surface area contributed by atoms with E-state index in [0.29, 0.717) is 24.2 Å². The molecule has 3 atom stereocenters. The second-order valence-corrected chi connectivity index (χ2v) is 13.4. The molecular weight excluding hydrogens is 616 g/mol. The van der Waals surface area contributed by atoms with Crippen LogP contribution in [-0.2, 0) is 16.4 Å². The van der Waals surface area contributed by atoms with Gasteiger partial charge in [0.15, 0.2) is 5.03 Å². The zero-order valence-electron chi connectivity index (χ0n) is 26.2. The van der Waals surface area contributed by atoms with Gasteiger partial charge in [0.1, 0.15) is 11.6 Å². The summed E-state index contributed by atoms with van der Waals surface area (Å²) in [5.74, 6) is -2.44. The fourth-order valence-electron chi connectivity index (χ4n) is 5.68. The third-order valence-corrected chi connectivity index (χ3v) is 9.57. The number of hydrogen-bond acceptors (Lipinski definition) is 7. The van der Waals surface area contributed by atoms with E-state index in [1.807, 2.05) is 13.8 Å². The summed E-state index contributed by atoms with van der Waals surface area (Å²) >= 11 is 0. The normalized spacial score (nSPS) is 16.9. The van der Waals surface area contributed by atoms with E-state index >= 15 is 0 Å². The third-order valence-electron chi connectivity index (χ3n) is 7.79. The molecule has 1 aliphatic rings. The summed E-state index contributed by atoms with van der Waals surface area (Å²) in [6, 6.07) is 10.4. The van der Waals surface area contributed by atoms with Gasteiger partial charge in [0.2, 0.25) is 0 Å². The second kappa shape index (κ2) is 15.7. The van der Waals surface area contributed by atoms with Crippen molar-refractivity contribution in [3.8, 4) is 0 Å². The highest BCUT2D eigenvalue weighted by Gasteiger charge is 2.37. The summed E-state index contributed by atoms with van der Waals surface area (Å²) in [6.45, 7) is 7.06. The van der Waals surface area contributed by atoms with E-state index in [0.717, 1.165) is 31.0 Å². The number of aryl methyl sites for hydroxylation is 1. The zero-order chi connectivity index (χ0) is 33.4. The van der Waals surface area contributed by atoms with Crippen molar-refractivity contribution >= 4 is 21.8 Å². The number of sulfonamides is 1. The van der Waals surface area contributed by atoms with Crippen molar-refractivity contribution in [1.29, 1.82) is 0 Å². The summed E-state index contributed by atoms with van der Waals surface area (Å²) in [5.41, 5.74) is 1.39. The number of nitrogens with zero attached hydrogens (tertiary/aromatic N) is 3. The van der Waals surface area contributed by atoms with Crippen LogP contribution < -0.4 is 10.6 Å². The van der Waals surface area contributed by atoms with Crippen molar-refractivity contribution in [1.82, 2.24) is 24.8 Å². The quantitative estimate of drug-likeness (QED) is 0.257. The maximum absolute atomic E-state index is 14.1. The van der Waals surface area contributed by atoms with Gasteiger partial charge in [-0.05, 0) is 79.8 Å². The fourth-order valence-corrected chi connectivity index (χ4v) is 7.07. The lowest BCUT2D eigenvalue weighted by atomic mass is 9.94. The number of carbonyl (C=O) groups excluding carboxylic acids is 2. The molecule has 0 bridgehead atoms. The smallest absolute Gasteiger partial charge is 0.260 e. The molecule has 4 rings (SSSR count). The van der Waals surface area contributed by atoms with E-state index in [9.17, 15) is 31.9 Å². The minimum absolute atomic E-state index is 0.126. The summed E-state index contributed by atoms with van der Waals surface area (Å²) in [7, 11) is -3.97. The Morgan fingerprint density at radius 3 is 2.37 bits per heavy atom. The Hall–Kier alpha value is -3.78. The molecule has 1 aliphatic heterocycles. The number of benzene rings is 2. The average Bonchev–Trinajstić information content (AvgIpc) is 3.03. The largest absolute Gasteiger partial charge is 0.389 e. The summed E-state index contributed by atoms with van der Waals surface area (Å²) < 4.78 is 56.0. The number of amides is 2. The number of pyridine rings is 1. The van der Waals surface area contributed by atoms with Gasteiger partial charge < -0.3 is 20.6 Å². The molecular formula is C33H41F2N5O5S. The molecule has 13 heteroatoms. The maximum Gasteiger partial charge on any atom is 0.260 e. The van der Waals surface area contributed by atoms with Crippen molar-refractivity contribution in [2.75, 3.05) is 32.7 Å². The number of hydrogen-bond donors (Lipinski definition) is 3. The van der Waals surface area contributed by atoms with Gasteiger partial charge in [0, 0.05) is 62.2 Å². The van der Waals surface area contributed by atoms with E-state index in [4.69, 9.17) is 0 Å². The van der Waals surface area contributed by atoms with Crippen LogP contribution in [0.2, 0.25) is 0 Å². The monoisotopic (exact) mass is 657 g/mol. The molecule has 46 heavy (non-hydrogen) atoms. The first-order chi connectivity index (χ1) is 21.9. The molecule has 0 aliphatic carbocycles. The summed E-state index contributed by atoms with van der Waals surface area (Å²) in [5, 5.41) is 17.4.